The Hall–Kier alpha value is -4.01. The molecule has 0 aliphatic carbocycles. The Morgan fingerprint density at radius 2 is 1.86 bits per heavy atom. The molecule has 184 valence electrons. The highest BCUT2D eigenvalue weighted by Crippen LogP contribution is 2.39. The van der Waals surface area contributed by atoms with Crippen LogP contribution in [0.5, 0.6) is 17.2 Å². The van der Waals surface area contributed by atoms with Crippen LogP contribution in [-0.4, -0.2) is 48.9 Å². The van der Waals surface area contributed by atoms with Gasteiger partial charge in [-0.1, -0.05) is 30.6 Å². The smallest absolute Gasteiger partial charge is 0.322 e. The van der Waals surface area contributed by atoms with E-state index in [2.05, 4.69) is 17.4 Å². The van der Waals surface area contributed by atoms with Crippen molar-refractivity contribution in [1.29, 1.82) is 0 Å². The molecular formula is C26H30N4O5. The van der Waals surface area contributed by atoms with Gasteiger partial charge in [-0.25, -0.2) is 4.79 Å². The van der Waals surface area contributed by atoms with E-state index in [-0.39, 0.29) is 6.03 Å². The molecule has 2 amide bonds. The second-order valence-electron chi connectivity index (χ2n) is 8.16. The van der Waals surface area contributed by atoms with Crippen molar-refractivity contribution >= 4 is 11.6 Å². The molecule has 4 rings (SSSR count). The quantitative estimate of drug-likeness (QED) is 0.459. The summed E-state index contributed by atoms with van der Waals surface area (Å²) in [7, 11) is 4.77. The summed E-state index contributed by atoms with van der Waals surface area (Å²) in [5.41, 5.74) is 3.09. The molecule has 35 heavy (non-hydrogen) atoms. The summed E-state index contributed by atoms with van der Waals surface area (Å²) < 4.78 is 21.9. The number of allylic oxidation sites excluding steroid dienone is 1. The number of methoxy groups -OCH3 is 3. The van der Waals surface area contributed by atoms with E-state index in [4.69, 9.17) is 23.7 Å². The van der Waals surface area contributed by atoms with Gasteiger partial charge in [0.05, 0.1) is 32.9 Å². The number of urea groups is 1. The number of nitrogens with one attached hydrogen (secondary N) is 1. The minimum atomic E-state index is -0.478. The van der Waals surface area contributed by atoms with Gasteiger partial charge in [0.2, 0.25) is 5.82 Å². The molecule has 0 bridgehead atoms. The Kier molecular flexibility index (Phi) is 7.24. The van der Waals surface area contributed by atoms with Gasteiger partial charge in [-0.3, -0.25) is 4.90 Å². The molecule has 1 aliphatic rings. The first kappa shape index (κ1) is 24.1. The minimum absolute atomic E-state index is 0.160. The lowest BCUT2D eigenvalue weighted by molar-refractivity contribution is 0.204. The molecule has 0 fully saturated rings. The van der Waals surface area contributed by atoms with Gasteiger partial charge in [0, 0.05) is 17.8 Å². The molecule has 2 heterocycles. The van der Waals surface area contributed by atoms with E-state index in [1.807, 2.05) is 37.3 Å². The van der Waals surface area contributed by atoms with Crippen LogP contribution in [0, 0.1) is 0 Å². The lowest BCUT2D eigenvalue weighted by Gasteiger charge is -2.35. The third-order valence-corrected chi connectivity index (χ3v) is 6.06. The zero-order chi connectivity index (χ0) is 24.9. The van der Waals surface area contributed by atoms with Crippen molar-refractivity contribution in [2.24, 2.45) is 0 Å². The summed E-state index contributed by atoms with van der Waals surface area (Å²) in [5, 5.41) is 7.34. The normalized spacial score (nSPS) is 15.7. The fraction of sp³-hybridized carbons (Fsp3) is 0.346. The van der Waals surface area contributed by atoms with Gasteiger partial charge < -0.3 is 24.1 Å². The van der Waals surface area contributed by atoms with Gasteiger partial charge in [0.15, 0.2) is 11.5 Å². The highest BCUT2D eigenvalue weighted by Gasteiger charge is 2.35. The number of nitrogens with zero attached hydrogens (tertiary/aromatic N) is 3. The molecule has 1 aromatic heterocycles. The van der Waals surface area contributed by atoms with Gasteiger partial charge in [0.25, 0.3) is 5.89 Å². The van der Waals surface area contributed by atoms with Gasteiger partial charge in [-0.15, -0.1) is 0 Å². The number of ether oxygens (including phenoxy) is 3. The number of hydrogen-bond donors (Lipinski definition) is 1. The number of unbranched alkanes of at least 4 members (excludes halogenated alkanes) is 1. The Morgan fingerprint density at radius 1 is 1.06 bits per heavy atom. The largest absolute Gasteiger partial charge is 0.497 e. The standard InChI is InChI=1S/C26H30N4O5/c1-6-7-13-30-16(2)22(23(27-26(30)31)17-9-8-10-19(14-17)32-3)25-28-24(29-35-25)18-11-12-20(33-4)21(15-18)34-5/h8-12,14-15,23H,6-7,13H2,1-5H3,(H,27,31). The van der Waals surface area contributed by atoms with Crippen molar-refractivity contribution in [2.75, 3.05) is 27.9 Å². The van der Waals surface area contributed by atoms with Crippen molar-refractivity contribution in [2.45, 2.75) is 32.7 Å². The van der Waals surface area contributed by atoms with Gasteiger partial charge in [-0.05, 0) is 49.2 Å². The maximum atomic E-state index is 13.0. The molecule has 3 aromatic rings. The summed E-state index contributed by atoms with van der Waals surface area (Å²) in [6, 6.07) is 12.4. The van der Waals surface area contributed by atoms with Crippen molar-refractivity contribution in [3.05, 3.63) is 59.6 Å². The van der Waals surface area contributed by atoms with E-state index in [0.29, 0.717) is 35.5 Å². The highest BCUT2D eigenvalue weighted by atomic mass is 16.5. The van der Waals surface area contributed by atoms with E-state index < -0.39 is 6.04 Å². The van der Waals surface area contributed by atoms with Gasteiger partial charge in [0.1, 0.15) is 5.75 Å². The predicted molar refractivity (Wildman–Crippen MR) is 131 cm³/mol. The summed E-state index contributed by atoms with van der Waals surface area (Å²) in [4.78, 5) is 19.5. The number of amides is 2. The Balaban J connectivity index is 1.79. The molecular weight excluding hydrogens is 448 g/mol. The average Bonchev–Trinajstić information content (AvgIpc) is 3.37. The van der Waals surface area contributed by atoms with Crippen molar-refractivity contribution in [3.8, 4) is 28.6 Å². The highest BCUT2D eigenvalue weighted by molar-refractivity contribution is 5.87. The van der Waals surface area contributed by atoms with E-state index in [1.54, 1.807) is 38.4 Å². The minimum Gasteiger partial charge on any atom is -0.497 e. The first-order valence-electron chi connectivity index (χ1n) is 11.5. The predicted octanol–water partition coefficient (Wildman–Crippen LogP) is 5.06. The Morgan fingerprint density at radius 3 is 2.57 bits per heavy atom. The summed E-state index contributed by atoms with van der Waals surface area (Å²) in [5.74, 6) is 2.61. The monoisotopic (exact) mass is 478 g/mol. The number of benzene rings is 2. The molecule has 1 N–H and O–H groups in total. The average molecular weight is 479 g/mol. The first-order valence-corrected chi connectivity index (χ1v) is 11.5. The van der Waals surface area contributed by atoms with Crippen molar-refractivity contribution in [1.82, 2.24) is 20.4 Å². The topological polar surface area (TPSA) is 99.0 Å². The lowest BCUT2D eigenvalue weighted by atomic mass is 9.94. The van der Waals surface area contributed by atoms with Crippen LogP contribution in [0.15, 0.2) is 52.7 Å². The molecule has 0 spiro atoms. The summed E-state index contributed by atoms with van der Waals surface area (Å²) in [6.07, 6.45) is 1.85. The third-order valence-electron chi connectivity index (χ3n) is 6.06. The van der Waals surface area contributed by atoms with E-state index in [0.717, 1.165) is 35.2 Å². The SMILES string of the molecule is CCCCN1C(=O)NC(c2cccc(OC)c2)C(c2nc(-c3ccc(OC)c(OC)c3)no2)=C1C. The van der Waals surface area contributed by atoms with Crippen LogP contribution in [0.4, 0.5) is 4.79 Å². The first-order chi connectivity index (χ1) is 17.0. The molecule has 2 aromatic carbocycles. The van der Waals surface area contributed by atoms with Crippen LogP contribution in [0.25, 0.3) is 17.0 Å². The number of carbonyl (C=O) groups is 1. The maximum Gasteiger partial charge on any atom is 0.322 e. The Labute approximate surface area is 204 Å². The molecule has 0 saturated carbocycles. The number of aromatic nitrogens is 2. The Bertz CT molecular complexity index is 1240. The molecule has 1 aliphatic heterocycles. The zero-order valence-electron chi connectivity index (χ0n) is 20.6. The molecule has 1 unspecified atom stereocenters. The van der Waals surface area contributed by atoms with Crippen LogP contribution in [-0.2, 0) is 0 Å². The van der Waals surface area contributed by atoms with Crippen LogP contribution < -0.4 is 19.5 Å². The molecule has 0 radical (unpaired) electrons. The second-order valence-corrected chi connectivity index (χ2v) is 8.16. The van der Waals surface area contributed by atoms with Crippen LogP contribution in [0.2, 0.25) is 0 Å². The fourth-order valence-corrected chi connectivity index (χ4v) is 4.14. The van der Waals surface area contributed by atoms with E-state index in [1.165, 1.54) is 0 Å². The summed E-state index contributed by atoms with van der Waals surface area (Å²) >= 11 is 0. The molecule has 0 saturated heterocycles. The van der Waals surface area contributed by atoms with Crippen LogP contribution in [0.3, 0.4) is 0 Å². The second kappa shape index (κ2) is 10.5. The fourth-order valence-electron chi connectivity index (χ4n) is 4.14. The van der Waals surface area contributed by atoms with E-state index >= 15 is 0 Å². The van der Waals surface area contributed by atoms with Gasteiger partial charge >= 0.3 is 6.03 Å². The van der Waals surface area contributed by atoms with Gasteiger partial charge in [-0.2, -0.15) is 4.98 Å². The number of carbonyl (C=O) groups excluding carboxylic acids is 1. The summed E-state index contributed by atoms with van der Waals surface area (Å²) in [6.45, 7) is 4.60. The third kappa shape index (κ3) is 4.80. The lowest BCUT2D eigenvalue weighted by Crippen LogP contribution is -2.46. The number of rotatable bonds is 9. The van der Waals surface area contributed by atoms with Crippen molar-refractivity contribution < 1.29 is 23.5 Å². The number of hydrogen-bond acceptors (Lipinski definition) is 7. The maximum absolute atomic E-state index is 13.0. The molecule has 9 nitrogen and oxygen atoms in total. The zero-order valence-corrected chi connectivity index (χ0v) is 20.6. The van der Waals surface area contributed by atoms with Crippen molar-refractivity contribution in [3.63, 3.8) is 0 Å². The van der Waals surface area contributed by atoms with E-state index in [9.17, 15) is 4.79 Å². The molecule has 9 heteroatoms. The van der Waals surface area contributed by atoms with Crippen LogP contribution in [0.1, 0.15) is 44.2 Å². The molecule has 1 atom stereocenters. The van der Waals surface area contributed by atoms with Crippen LogP contribution >= 0.6 is 0 Å².